The highest BCUT2D eigenvalue weighted by atomic mass is 16.6. The molecule has 3 heterocycles. The molecule has 0 aliphatic carbocycles. The summed E-state index contributed by atoms with van der Waals surface area (Å²) in [4.78, 5) is 15.2. The minimum Gasteiger partial charge on any atom is -0.461 e. The molecule has 11 nitrogen and oxygen atoms in total. The van der Waals surface area contributed by atoms with E-state index in [0.717, 1.165) is 32.7 Å². The second-order valence-corrected chi connectivity index (χ2v) is 6.02. The summed E-state index contributed by atoms with van der Waals surface area (Å²) in [5.41, 5.74) is 6.56. The molecule has 4 N–H and O–H groups in total. The molecule has 0 saturated carbocycles. The molecule has 2 aromatic heterocycles. The van der Waals surface area contributed by atoms with Crippen LogP contribution in [0.5, 0.6) is 0 Å². The van der Waals surface area contributed by atoms with Crippen LogP contribution < -0.4 is 15.5 Å². The predicted octanol–water partition coefficient (Wildman–Crippen LogP) is -3.29. The van der Waals surface area contributed by atoms with Crippen LogP contribution in [0, 0.1) is 0 Å². The molecule has 1 saturated heterocycles. The van der Waals surface area contributed by atoms with Crippen LogP contribution in [0.15, 0.2) is 4.63 Å². The van der Waals surface area contributed by atoms with Crippen molar-refractivity contribution in [2.45, 2.75) is 20.4 Å². The van der Waals surface area contributed by atoms with Gasteiger partial charge in [-0.05, 0) is 24.2 Å². The zero-order valence-electron chi connectivity index (χ0n) is 14.5. The molecule has 0 spiro atoms. The van der Waals surface area contributed by atoms with Gasteiger partial charge in [-0.25, -0.2) is 9.42 Å². The smallest absolute Gasteiger partial charge is 0.361 e. The number of rotatable bonds is 6. The third kappa shape index (κ3) is 3.61. The van der Waals surface area contributed by atoms with Crippen molar-refractivity contribution in [1.29, 1.82) is 0 Å². The minimum absolute atomic E-state index is 0.0943. The highest BCUT2D eigenvalue weighted by Gasteiger charge is 2.30. The van der Waals surface area contributed by atoms with Gasteiger partial charge in [-0.3, -0.25) is 0 Å². The van der Waals surface area contributed by atoms with Gasteiger partial charge < -0.3 is 20.3 Å². The molecule has 136 valence electrons. The third-order valence-corrected chi connectivity index (χ3v) is 4.51. The van der Waals surface area contributed by atoms with Gasteiger partial charge in [-0.1, -0.05) is 5.21 Å². The number of esters is 1. The Morgan fingerprint density at radius 2 is 1.96 bits per heavy atom. The Hall–Kier alpha value is -2.53. The lowest BCUT2D eigenvalue weighted by Crippen LogP contribution is -3.27. The molecule has 0 radical (unpaired) electrons. The van der Waals surface area contributed by atoms with Crippen molar-refractivity contribution in [3.63, 3.8) is 0 Å². The highest BCUT2D eigenvalue weighted by Crippen LogP contribution is 2.15. The summed E-state index contributed by atoms with van der Waals surface area (Å²) in [7, 11) is 0. The minimum atomic E-state index is -0.504. The van der Waals surface area contributed by atoms with E-state index in [2.05, 4.69) is 32.2 Å². The molecule has 25 heavy (non-hydrogen) atoms. The van der Waals surface area contributed by atoms with E-state index in [-0.39, 0.29) is 23.9 Å². The maximum atomic E-state index is 12.2. The zero-order valence-corrected chi connectivity index (χ0v) is 14.5. The van der Waals surface area contributed by atoms with Crippen molar-refractivity contribution in [3.8, 4) is 5.82 Å². The van der Waals surface area contributed by atoms with Crippen LogP contribution in [-0.2, 0) is 11.3 Å². The maximum absolute atomic E-state index is 12.2. The first-order valence-corrected chi connectivity index (χ1v) is 8.51. The normalized spacial score (nSPS) is 20.6. The van der Waals surface area contributed by atoms with Crippen LogP contribution in [0.25, 0.3) is 5.82 Å². The Morgan fingerprint density at radius 3 is 2.56 bits per heavy atom. The van der Waals surface area contributed by atoms with Gasteiger partial charge in [0.25, 0.3) is 0 Å². The third-order valence-electron chi connectivity index (χ3n) is 4.51. The SMILES string of the molecule is CCOC(=O)c1nnn(-c2nonc2N)c1C[NH+]1CC[NH+](CC)CC1. The average molecular weight is 352 g/mol. The van der Waals surface area contributed by atoms with Crippen LogP contribution >= 0.6 is 0 Å². The summed E-state index contributed by atoms with van der Waals surface area (Å²) in [6.45, 7) is 10.1. The zero-order chi connectivity index (χ0) is 17.8. The van der Waals surface area contributed by atoms with Gasteiger partial charge >= 0.3 is 5.97 Å². The number of nitrogens with two attached hydrogens (primary N) is 1. The summed E-state index contributed by atoms with van der Waals surface area (Å²) in [5, 5.41) is 15.3. The molecule has 3 rings (SSSR count). The molecule has 0 amide bonds. The number of carbonyl (C=O) groups excluding carboxylic acids is 1. The largest absolute Gasteiger partial charge is 0.461 e. The maximum Gasteiger partial charge on any atom is 0.361 e. The molecule has 1 fully saturated rings. The molecular weight excluding hydrogens is 328 g/mol. The van der Waals surface area contributed by atoms with Crippen LogP contribution in [0.1, 0.15) is 30.0 Å². The summed E-state index contributed by atoms with van der Waals surface area (Å²) in [6.07, 6.45) is 0. The second-order valence-electron chi connectivity index (χ2n) is 6.02. The Labute approximate surface area is 144 Å². The number of anilines is 1. The van der Waals surface area contributed by atoms with Gasteiger partial charge in [0.2, 0.25) is 11.6 Å². The van der Waals surface area contributed by atoms with E-state index in [4.69, 9.17) is 10.5 Å². The van der Waals surface area contributed by atoms with Crippen molar-refractivity contribution in [2.24, 2.45) is 0 Å². The van der Waals surface area contributed by atoms with Crippen molar-refractivity contribution in [3.05, 3.63) is 11.4 Å². The van der Waals surface area contributed by atoms with Crippen molar-refractivity contribution in [2.75, 3.05) is 45.1 Å². The number of hydrogen-bond donors (Lipinski definition) is 3. The summed E-state index contributed by atoms with van der Waals surface area (Å²) < 4.78 is 11.2. The Morgan fingerprint density at radius 1 is 1.24 bits per heavy atom. The van der Waals surface area contributed by atoms with E-state index in [1.54, 1.807) is 11.8 Å². The number of nitrogen functional groups attached to an aromatic ring is 1. The summed E-state index contributed by atoms with van der Waals surface area (Å²) in [5.74, 6) is -0.178. The molecular formula is C14H24N8O3+2. The lowest BCUT2D eigenvalue weighted by atomic mass is 10.2. The van der Waals surface area contributed by atoms with E-state index in [1.165, 1.54) is 9.58 Å². The van der Waals surface area contributed by atoms with Crippen LogP contribution in [0.2, 0.25) is 0 Å². The number of piperazine rings is 1. The monoisotopic (exact) mass is 352 g/mol. The fourth-order valence-electron chi connectivity index (χ4n) is 3.05. The Kier molecular flexibility index (Phi) is 5.24. The number of quaternary nitrogens is 2. The van der Waals surface area contributed by atoms with E-state index >= 15 is 0 Å². The van der Waals surface area contributed by atoms with Gasteiger partial charge in [0, 0.05) is 0 Å². The molecule has 1 aliphatic rings. The first kappa shape index (κ1) is 17.3. The molecule has 2 aromatic rings. The first-order chi connectivity index (χ1) is 12.1. The predicted molar refractivity (Wildman–Crippen MR) is 85.2 cm³/mol. The van der Waals surface area contributed by atoms with Gasteiger partial charge in [-0.2, -0.15) is 4.68 Å². The number of aromatic nitrogens is 5. The lowest BCUT2D eigenvalue weighted by molar-refractivity contribution is -1.02. The van der Waals surface area contributed by atoms with E-state index in [1.807, 2.05) is 0 Å². The summed E-state index contributed by atoms with van der Waals surface area (Å²) in [6, 6.07) is 0. The number of nitrogens with one attached hydrogen (secondary N) is 2. The number of ether oxygens (including phenoxy) is 1. The van der Waals surface area contributed by atoms with Crippen LogP contribution in [0.3, 0.4) is 0 Å². The molecule has 1 aliphatic heterocycles. The van der Waals surface area contributed by atoms with Crippen molar-refractivity contribution >= 4 is 11.8 Å². The van der Waals surface area contributed by atoms with Crippen LogP contribution in [-0.4, -0.2) is 70.6 Å². The fourth-order valence-corrected chi connectivity index (χ4v) is 3.05. The van der Waals surface area contributed by atoms with E-state index in [0.29, 0.717) is 12.2 Å². The van der Waals surface area contributed by atoms with Gasteiger partial charge in [-0.15, -0.1) is 5.10 Å². The number of likely N-dealkylation sites (N-methyl/N-ethyl adjacent to an activating group) is 1. The standard InChI is InChI=1S/C14H22N8O3/c1-3-20-5-7-21(8-6-20)9-10-11(14(23)24-4-2)16-19-22(10)13-12(15)17-25-18-13/h3-9H2,1-2H3,(H2,15,17)/p+2. The summed E-state index contributed by atoms with van der Waals surface area (Å²) >= 11 is 0. The second kappa shape index (κ2) is 7.57. The average Bonchev–Trinajstić information content (AvgIpc) is 3.21. The molecule has 0 bridgehead atoms. The van der Waals surface area contributed by atoms with E-state index < -0.39 is 5.97 Å². The Balaban J connectivity index is 1.88. The Bertz CT molecular complexity index is 719. The number of carbonyl (C=O) groups is 1. The fraction of sp³-hybridized carbons (Fsp3) is 0.643. The molecule has 11 heteroatoms. The van der Waals surface area contributed by atoms with Gasteiger partial charge in [0.15, 0.2) is 5.69 Å². The topological polar surface area (TPSA) is 131 Å². The quantitative estimate of drug-likeness (QED) is 0.461. The molecule has 0 unspecified atom stereocenters. The molecule has 0 atom stereocenters. The van der Waals surface area contributed by atoms with Crippen LogP contribution in [0.4, 0.5) is 5.82 Å². The number of hydrogen-bond acceptors (Lipinski definition) is 8. The number of nitrogens with zero attached hydrogens (tertiary/aromatic N) is 5. The van der Waals surface area contributed by atoms with Gasteiger partial charge in [0.1, 0.15) is 38.4 Å². The van der Waals surface area contributed by atoms with Gasteiger partial charge in [0.05, 0.1) is 13.2 Å². The molecule has 0 aromatic carbocycles. The highest BCUT2D eigenvalue weighted by molar-refractivity contribution is 5.88. The first-order valence-electron chi connectivity index (χ1n) is 8.51. The van der Waals surface area contributed by atoms with Crippen molar-refractivity contribution in [1.82, 2.24) is 25.3 Å². The van der Waals surface area contributed by atoms with Crippen molar-refractivity contribution < 1.29 is 24.0 Å². The van der Waals surface area contributed by atoms with E-state index in [9.17, 15) is 4.79 Å². The lowest BCUT2D eigenvalue weighted by Gasteiger charge is -2.28.